The predicted octanol–water partition coefficient (Wildman–Crippen LogP) is 2.40. The van der Waals surface area contributed by atoms with Gasteiger partial charge in [-0.15, -0.1) is 24.8 Å². The first-order chi connectivity index (χ1) is 6.88. The molecule has 0 aliphatic rings. The lowest BCUT2D eigenvalue weighted by Crippen LogP contribution is -2.03. The molecular formula is C11H12Cl2N2O. The lowest BCUT2D eigenvalue weighted by molar-refractivity contribution is 0.210. The summed E-state index contributed by atoms with van der Waals surface area (Å²) in [5.41, 5.74) is 1.23. The molecule has 0 spiro atoms. The number of aromatic nitrogens is 2. The lowest BCUT2D eigenvalue weighted by atomic mass is 10.1. The largest absolute Gasteiger partial charge is 0.380 e. The van der Waals surface area contributed by atoms with Crippen LogP contribution in [0.15, 0.2) is 48.8 Å². The summed E-state index contributed by atoms with van der Waals surface area (Å²) in [7, 11) is 0. The van der Waals surface area contributed by atoms with Gasteiger partial charge in [-0.3, -0.25) is 9.97 Å². The van der Waals surface area contributed by atoms with Crippen LogP contribution in [0.1, 0.15) is 17.5 Å². The summed E-state index contributed by atoms with van der Waals surface area (Å²) >= 11 is 0. The van der Waals surface area contributed by atoms with Gasteiger partial charge < -0.3 is 5.11 Å². The fourth-order valence-electron chi connectivity index (χ4n) is 1.23. The zero-order valence-electron chi connectivity index (χ0n) is 8.35. The van der Waals surface area contributed by atoms with E-state index in [-0.39, 0.29) is 24.8 Å². The maximum atomic E-state index is 9.87. The van der Waals surface area contributed by atoms with Crippen molar-refractivity contribution < 1.29 is 5.11 Å². The molecule has 0 aliphatic carbocycles. The normalized spacial score (nSPS) is 9.12. The number of rotatable bonds is 2. The molecule has 3 nitrogen and oxygen atoms in total. The van der Waals surface area contributed by atoms with Crippen LogP contribution < -0.4 is 0 Å². The van der Waals surface area contributed by atoms with Crippen LogP contribution in [-0.2, 0) is 0 Å². The molecule has 2 heterocycles. The number of hydrogen-bond donors (Lipinski definition) is 1. The Morgan fingerprint density at radius 2 is 1.25 bits per heavy atom. The second-order valence-electron chi connectivity index (χ2n) is 2.91. The molecule has 0 fully saturated rings. The summed E-state index contributed by atoms with van der Waals surface area (Å²) in [6, 6.07) is 10.9. The third-order valence-corrected chi connectivity index (χ3v) is 1.94. The third-order valence-electron chi connectivity index (χ3n) is 1.94. The number of nitrogens with zero attached hydrogens (tertiary/aromatic N) is 2. The highest BCUT2D eigenvalue weighted by molar-refractivity contribution is 5.85. The average Bonchev–Trinajstić information content (AvgIpc) is 2.30. The van der Waals surface area contributed by atoms with E-state index in [2.05, 4.69) is 9.97 Å². The first kappa shape index (κ1) is 14.8. The Balaban J connectivity index is 0.00000112. The molecule has 0 bridgehead atoms. The molecule has 0 aliphatic heterocycles. The van der Waals surface area contributed by atoms with E-state index in [1.165, 1.54) is 0 Å². The van der Waals surface area contributed by atoms with Crippen LogP contribution in [0.3, 0.4) is 0 Å². The predicted molar refractivity (Wildman–Crippen MR) is 67.0 cm³/mol. The summed E-state index contributed by atoms with van der Waals surface area (Å²) in [6.45, 7) is 0. The molecule has 2 aromatic rings. The van der Waals surface area contributed by atoms with Gasteiger partial charge in [0.05, 0.1) is 11.4 Å². The molecule has 86 valence electrons. The Kier molecular flexibility index (Phi) is 6.65. The van der Waals surface area contributed by atoms with Gasteiger partial charge in [0.1, 0.15) is 6.10 Å². The fourth-order valence-corrected chi connectivity index (χ4v) is 1.23. The van der Waals surface area contributed by atoms with Gasteiger partial charge in [-0.1, -0.05) is 12.1 Å². The molecule has 2 aromatic heterocycles. The summed E-state index contributed by atoms with van der Waals surface area (Å²) in [5, 5.41) is 9.87. The van der Waals surface area contributed by atoms with Crippen LogP contribution in [0.2, 0.25) is 0 Å². The van der Waals surface area contributed by atoms with Crippen molar-refractivity contribution in [1.82, 2.24) is 9.97 Å². The lowest BCUT2D eigenvalue weighted by Gasteiger charge is -2.08. The highest BCUT2D eigenvalue weighted by Crippen LogP contribution is 2.16. The second kappa shape index (κ2) is 7.17. The highest BCUT2D eigenvalue weighted by atomic mass is 35.5. The van der Waals surface area contributed by atoms with Gasteiger partial charge in [0.25, 0.3) is 0 Å². The number of pyridine rings is 2. The Bertz CT molecular complexity index is 358. The molecule has 0 radical (unpaired) electrons. The van der Waals surface area contributed by atoms with Gasteiger partial charge >= 0.3 is 0 Å². The van der Waals surface area contributed by atoms with Crippen molar-refractivity contribution in [3.05, 3.63) is 60.2 Å². The van der Waals surface area contributed by atoms with Crippen molar-refractivity contribution in [1.29, 1.82) is 0 Å². The SMILES string of the molecule is Cl.Cl.OC(c1ccccn1)c1ccccn1. The minimum absolute atomic E-state index is 0. The van der Waals surface area contributed by atoms with Gasteiger partial charge in [-0.05, 0) is 24.3 Å². The van der Waals surface area contributed by atoms with E-state index in [0.29, 0.717) is 11.4 Å². The van der Waals surface area contributed by atoms with E-state index >= 15 is 0 Å². The van der Waals surface area contributed by atoms with Crippen molar-refractivity contribution in [2.24, 2.45) is 0 Å². The Morgan fingerprint density at radius 1 is 0.812 bits per heavy atom. The highest BCUT2D eigenvalue weighted by Gasteiger charge is 2.11. The zero-order valence-corrected chi connectivity index (χ0v) is 9.99. The summed E-state index contributed by atoms with van der Waals surface area (Å²) in [5.74, 6) is 0. The zero-order chi connectivity index (χ0) is 9.80. The van der Waals surface area contributed by atoms with Crippen LogP contribution in [0, 0.1) is 0 Å². The van der Waals surface area contributed by atoms with Crippen LogP contribution in [0.5, 0.6) is 0 Å². The average molecular weight is 259 g/mol. The first-order valence-electron chi connectivity index (χ1n) is 4.38. The quantitative estimate of drug-likeness (QED) is 0.900. The topological polar surface area (TPSA) is 46.0 Å². The molecule has 0 saturated carbocycles. The van der Waals surface area contributed by atoms with Crippen molar-refractivity contribution in [2.75, 3.05) is 0 Å². The molecule has 0 unspecified atom stereocenters. The van der Waals surface area contributed by atoms with Crippen LogP contribution >= 0.6 is 24.8 Å². The third kappa shape index (κ3) is 3.45. The summed E-state index contributed by atoms with van der Waals surface area (Å²) < 4.78 is 0. The van der Waals surface area contributed by atoms with E-state index < -0.39 is 6.10 Å². The number of aliphatic hydroxyl groups excluding tert-OH is 1. The standard InChI is InChI=1S/C11H10N2O.2ClH/c14-11(9-5-1-3-7-12-9)10-6-2-4-8-13-10;;/h1-8,11,14H;2*1H. The van der Waals surface area contributed by atoms with Crippen molar-refractivity contribution in [3.8, 4) is 0 Å². The monoisotopic (exact) mass is 258 g/mol. The Hall–Kier alpha value is -1.16. The molecule has 1 N–H and O–H groups in total. The number of halogens is 2. The van der Waals surface area contributed by atoms with Gasteiger partial charge in [-0.25, -0.2) is 0 Å². The van der Waals surface area contributed by atoms with E-state index in [1.54, 1.807) is 24.5 Å². The summed E-state index contributed by atoms with van der Waals surface area (Å²) in [4.78, 5) is 8.13. The first-order valence-corrected chi connectivity index (χ1v) is 4.38. The fraction of sp³-hybridized carbons (Fsp3) is 0.0909. The number of hydrogen-bond acceptors (Lipinski definition) is 3. The van der Waals surface area contributed by atoms with E-state index in [0.717, 1.165) is 0 Å². The van der Waals surface area contributed by atoms with Gasteiger partial charge in [-0.2, -0.15) is 0 Å². The molecule has 0 saturated heterocycles. The molecule has 0 aromatic carbocycles. The maximum Gasteiger partial charge on any atom is 0.138 e. The van der Waals surface area contributed by atoms with Crippen molar-refractivity contribution >= 4 is 24.8 Å². The van der Waals surface area contributed by atoms with Crippen LogP contribution in [-0.4, -0.2) is 15.1 Å². The minimum Gasteiger partial charge on any atom is -0.380 e. The number of aliphatic hydroxyl groups is 1. The second-order valence-corrected chi connectivity index (χ2v) is 2.91. The molecule has 0 atom stereocenters. The Labute approximate surface area is 106 Å². The molecule has 2 rings (SSSR count). The smallest absolute Gasteiger partial charge is 0.138 e. The van der Waals surface area contributed by atoms with E-state index in [1.807, 2.05) is 24.3 Å². The van der Waals surface area contributed by atoms with E-state index in [9.17, 15) is 5.11 Å². The summed E-state index contributed by atoms with van der Waals surface area (Å²) in [6.07, 6.45) is 2.57. The van der Waals surface area contributed by atoms with Gasteiger partial charge in [0.2, 0.25) is 0 Å². The molecule has 0 amide bonds. The van der Waals surface area contributed by atoms with Gasteiger partial charge in [0, 0.05) is 12.4 Å². The minimum atomic E-state index is -0.739. The maximum absolute atomic E-state index is 9.87. The van der Waals surface area contributed by atoms with Crippen molar-refractivity contribution in [2.45, 2.75) is 6.10 Å². The molecule has 5 heteroatoms. The van der Waals surface area contributed by atoms with E-state index in [4.69, 9.17) is 0 Å². The van der Waals surface area contributed by atoms with Crippen LogP contribution in [0.25, 0.3) is 0 Å². The van der Waals surface area contributed by atoms with Gasteiger partial charge in [0.15, 0.2) is 0 Å². The molecular weight excluding hydrogens is 247 g/mol. The van der Waals surface area contributed by atoms with Crippen LogP contribution in [0.4, 0.5) is 0 Å². The molecule has 16 heavy (non-hydrogen) atoms. The Morgan fingerprint density at radius 3 is 1.56 bits per heavy atom. The van der Waals surface area contributed by atoms with Crippen molar-refractivity contribution in [3.63, 3.8) is 0 Å².